The average molecular weight is 290 g/mol. The lowest BCUT2D eigenvalue weighted by Gasteiger charge is -2.24. The number of rotatable bonds is 7. The molecule has 1 unspecified atom stereocenters. The van der Waals surface area contributed by atoms with Gasteiger partial charge in [0.25, 0.3) is 0 Å². The zero-order valence-electron chi connectivity index (χ0n) is 12.8. The molecular formula is C17H26N2O2. The molecule has 1 fully saturated rings. The molecule has 1 aromatic rings. The van der Waals surface area contributed by atoms with Crippen molar-refractivity contribution in [2.45, 2.75) is 44.7 Å². The lowest BCUT2D eigenvalue weighted by Crippen LogP contribution is -2.42. The van der Waals surface area contributed by atoms with Crippen molar-refractivity contribution in [1.82, 2.24) is 10.2 Å². The van der Waals surface area contributed by atoms with E-state index in [0.717, 1.165) is 37.8 Å². The van der Waals surface area contributed by atoms with E-state index in [-0.39, 0.29) is 24.6 Å². The largest absolute Gasteiger partial charge is 0.395 e. The molecule has 0 bridgehead atoms. The zero-order chi connectivity index (χ0) is 15.1. The van der Waals surface area contributed by atoms with Crippen LogP contribution in [0.3, 0.4) is 0 Å². The number of amides is 1. The molecule has 0 radical (unpaired) electrons. The molecule has 4 heteroatoms. The SMILES string of the molecule is CCCC(NC(=O)CN1CCC[C@@H]1CO)c1ccccc1. The molecule has 1 amide bonds. The number of carbonyl (C=O) groups excluding carboxylic acids is 1. The fourth-order valence-corrected chi connectivity index (χ4v) is 3.03. The van der Waals surface area contributed by atoms with Crippen LogP contribution >= 0.6 is 0 Å². The number of carbonyl (C=O) groups is 1. The molecule has 1 saturated heterocycles. The third kappa shape index (κ3) is 4.55. The number of aliphatic hydroxyl groups excluding tert-OH is 1. The summed E-state index contributed by atoms with van der Waals surface area (Å²) in [6, 6.07) is 10.4. The molecule has 4 nitrogen and oxygen atoms in total. The molecule has 1 aliphatic rings. The molecule has 2 N–H and O–H groups in total. The molecule has 2 rings (SSSR count). The van der Waals surface area contributed by atoms with Crippen molar-refractivity contribution in [3.8, 4) is 0 Å². The van der Waals surface area contributed by atoms with Crippen molar-refractivity contribution in [1.29, 1.82) is 0 Å². The van der Waals surface area contributed by atoms with E-state index in [1.807, 2.05) is 18.2 Å². The highest BCUT2D eigenvalue weighted by Crippen LogP contribution is 2.19. The summed E-state index contributed by atoms with van der Waals surface area (Å²) < 4.78 is 0. The third-order valence-electron chi connectivity index (χ3n) is 4.17. The molecule has 116 valence electrons. The van der Waals surface area contributed by atoms with E-state index in [9.17, 15) is 9.90 Å². The second-order valence-corrected chi connectivity index (χ2v) is 5.77. The van der Waals surface area contributed by atoms with Crippen LogP contribution in [-0.2, 0) is 4.79 Å². The van der Waals surface area contributed by atoms with Crippen molar-refractivity contribution in [3.05, 3.63) is 35.9 Å². The van der Waals surface area contributed by atoms with Crippen LogP contribution in [0.1, 0.15) is 44.2 Å². The Bertz CT molecular complexity index is 436. The van der Waals surface area contributed by atoms with Crippen molar-refractivity contribution >= 4 is 5.91 Å². The normalized spacial score (nSPS) is 20.4. The molecule has 1 aromatic carbocycles. The van der Waals surface area contributed by atoms with Gasteiger partial charge in [-0.25, -0.2) is 0 Å². The monoisotopic (exact) mass is 290 g/mol. The predicted molar refractivity (Wildman–Crippen MR) is 83.9 cm³/mol. The van der Waals surface area contributed by atoms with E-state index in [2.05, 4.69) is 29.3 Å². The van der Waals surface area contributed by atoms with Gasteiger partial charge in [0.15, 0.2) is 0 Å². The number of nitrogens with zero attached hydrogens (tertiary/aromatic N) is 1. The number of hydrogen-bond donors (Lipinski definition) is 2. The van der Waals surface area contributed by atoms with E-state index >= 15 is 0 Å². The Morgan fingerprint density at radius 2 is 2.19 bits per heavy atom. The number of likely N-dealkylation sites (tertiary alicyclic amines) is 1. The number of nitrogens with one attached hydrogen (secondary N) is 1. The standard InChI is InChI=1S/C17H26N2O2/c1-2-7-16(14-8-4-3-5-9-14)18-17(21)12-19-11-6-10-15(19)13-20/h3-5,8-9,15-16,20H,2,6-7,10-13H2,1H3,(H,18,21)/t15-,16?/m1/s1. The van der Waals surface area contributed by atoms with Gasteiger partial charge in [-0.15, -0.1) is 0 Å². The highest BCUT2D eigenvalue weighted by Gasteiger charge is 2.26. The van der Waals surface area contributed by atoms with Gasteiger partial charge >= 0.3 is 0 Å². The molecule has 2 atom stereocenters. The van der Waals surface area contributed by atoms with E-state index in [0.29, 0.717) is 6.54 Å². The Hall–Kier alpha value is -1.39. The second-order valence-electron chi connectivity index (χ2n) is 5.77. The summed E-state index contributed by atoms with van der Waals surface area (Å²) in [5, 5.41) is 12.5. The van der Waals surface area contributed by atoms with Gasteiger partial charge in [-0.05, 0) is 31.4 Å². The Balaban J connectivity index is 1.92. The van der Waals surface area contributed by atoms with Crippen LogP contribution in [-0.4, -0.2) is 41.7 Å². The van der Waals surface area contributed by atoms with Crippen molar-refractivity contribution in [2.75, 3.05) is 19.7 Å². The van der Waals surface area contributed by atoms with Gasteiger partial charge in [-0.1, -0.05) is 43.7 Å². The van der Waals surface area contributed by atoms with Crippen LogP contribution in [0.4, 0.5) is 0 Å². The van der Waals surface area contributed by atoms with E-state index < -0.39 is 0 Å². The summed E-state index contributed by atoms with van der Waals surface area (Å²) in [5.41, 5.74) is 1.16. The zero-order valence-corrected chi connectivity index (χ0v) is 12.8. The van der Waals surface area contributed by atoms with Crippen LogP contribution in [0.2, 0.25) is 0 Å². The highest BCUT2D eigenvalue weighted by molar-refractivity contribution is 5.78. The van der Waals surface area contributed by atoms with Gasteiger partial charge in [0.05, 0.1) is 19.2 Å². The number of aliphatic hydroxyl groups is 1. The average Bonchev–Trinajstić information content (AvgIpc) is 2.95. The van der Waals surface area contributed by atoms with E-state index in [1.165, 1.54) is 0 Å². The van der Waals surface area contributed by atoms with Crippen LogP contribution in [0.25, 0.3) is 0 Å². The molecule has 0 aliphatic carbocycles. The highest BCUT2D eigenvalue weighted by atomic mass is 16.3. The summed E-state index contributed by atoms with van der Waals surface area (Å²) in [4.78, 5) is 14.4. The van der Waals surface area contributed by atoms with E-state index in [1.54, 1.807) is 0 Å². The van der Waals surface area contributed by atoms with Gasteiger partial charge in [0.1, 0.15) is 0 Å². The van der Waals surface area contributed by atoms with E-state index in [4.69, 9.17) is 0 Å². The lowest BCUT2D eigenvalue weighted by molar-refractivity contribution is -0.123. The van der Waals surface area contributed by atoms with Gasteiger partial charge in [-0.2, -0.15) is 0 Å². The van der Waals surface area contributed by atoms with Gasteiger partial charge < -0.3 is 10.4 Å². The Morgan fingerprint density at radius 1 is 1.43 bits per heavy atom. The smallest absolute Gasteiger partial charge is 0.234 e. The number of benzene rings is 1. The lowest BCUT2D eigenvalue weighted by atomic mass is 10.0. The summed E-state index contributed by atoms with van der Waals surface area (Å²) >= 11 is 0. The first-order valence-electron chi connectivity index (χ1n) is 7.93. The summed E-state index contributed by atoms with van der Waals surface area (Å²) in [6.07, 6.45) is 4.03. The first-order chi connectivity index (χ1) is 10.2. The molecule has 0 aromatic heterocycles. The van der Waals surface area contributed by atoms with Crippen molar-refractivity contribution < 1.29 is 9.90 Å². The second kappa shape index (κ2) is 8.15. The molecule has 1 heterocycles. The first-order valence-corrected chi connectivity index (χ1v) is 7.93. The fourth-order valence-electron chi connectivity index (χ4n) is 3.03. The summed E-state index contributed by atoms with van der Waals surface area (Å²) in [7, 11) is 0. The van der Waals surface area contributed by atoms with Crippen LogP contribution < -0.4 is 5.32 Å². The Morgan fingerprint density at radius 3 is 2.86 bits per heavy atom. The van der Waals surface area contributed by atoms with Gasteiger partial charge in [0, 0.05) is 6.04 Å². The molecule has 0 spiro atoms. The van der Waals surface area contributed by atoms with Gasteiger partial charge in [0.2, 0.25) is 5.91 Å². The topological polar surface area (TPSA) is 52.6 Å². The minimum atomic E-state index is 0.0534. The van der Waals surface area contributed by atoms with Crippen LogP contribution in [0.5, 0.6) is 0 Å². The maximum atomic E-state index is 12.3. The maximum absolute atomic E-state index is 12.3. The van der Waals surface area contributed by atoms with Crippen LogP contribution in [0.15, 0.2) is 30.3 Å². The third-order valence-corrected chi connectivity index (χ3v) is 4.17. The molecular weight excluding hydrogens is 264 g/mol. The molecule has 21 heavy (non-hydrogen) atoms. The first kappa shape index (κ1) is 16.0. The Kier molecular flexibility index (Phi) is 6.21. The minimum absolute atomic E-state index is 0.0534. The molecule has 0 saturated carbocycles. The quantitative estimate of drug-likeness (QED) is 0.808. The van der Waals surface area contributed by atoms with Crippen LogP contribution in [0, 0.1) is 0 Å². The van der Waals surface area contributed by atoms with Gasteiger partial charge in [-0.3, -0.25) is 9.69 Å². The van der Waals surface area contributed by atoms with Crippen molar-refractivity contribution in [3.63, 3.8) is 0 Å². The summed E-state index contributed by atoms with van der Waals surface area (Å²) in [6.45, 7) is 3.56. The predicted octanol–water partition coefficient (Wildman–Crippen LogP) is 2.10. The van der Waals surface area contributed by atoms with Crippen molar-refractivity contribution in [2.24, 2.45) is 0 Å². The number of hydrogen-bond acceptors (Lipinski definition) is 3. The Labute approximate surface area is 127 Å². The minimum Gasteiger partial charge on any atom is -0.395 e. The summed E-state index contributed by atoms with van der Waals surface area (Å²) in [5.74, 6) is 0.0534. The maximum Gasteiger partial charge on any atom is 0.234 e. The fraction of sp³-hybridized carbons (Fsp3) is 0.588. The molecule has 1 aliphatic heterocycles.